The highest BCUT2D eigenvalue weighted by molar-refractivity contribution is 5.07. The van der Waals surface area contributed by atoms with Crippen LogP contribution >= 0.6 is 0 Å². The Labute approximate surface area is 93.7 Å². The summed E-state index contributed by atoms with van der Waals surface area (Å²) in [5.74, 6) is 0. The van der Waals surface area contributed by atoms with E-state index in [0.717, 1.165) is 12.6 Å². The molecule has 1 N–H and O–H groups in total. The number of hydrogen-bond acceptors (Lipinski definition) is 2. The molecular formula is C13H24N2. The van der Waals surface area contributed by atoms with Crippen LogP contribution < -0.4 is 5.32 Å². The van der Waals surface area contributed by atoms with Gasteiger partial charge in [-0.2, -0.15) is 0 Å². The van der Waals surface area contributed by atoms with Crippen LogP contribution in [0.3, 0.4) is 0 Å². The molecule has 0 atom stereocenters. The fourth-order valence-corrected chi connectivity index (χ4v) is 2.61. The third kappa shape index (κ3) is 3.62. The zero-order valence-electron chi connectivity index (χ0n) is 9.97. The molecule has 1 saturated carbocycles. The molecule has 1 heterocycles. The van der Waals surface area contributed by atoms with Gasteiger partial charge >= 0.3 is 0 Å². The van der Waals surface area contributed by atoms with Gasteiger partial charge < -0.3 is 10.2 Å². The van der Waals surface area contributed by atoms with Crippen LogP contribution in [0.1, 0.15) is 38.5 Å². The highest BCUT2D eigenvalue weighted by Crippen LogP contribution is 2.18. The van der Waals surface area contributed by atoms with E-state index in [-0.39, 0.29) is 0 Å². The summed E-state index contributed by atoms with van der Waals surface area (Å²) in [6.45, 7) is 3.59. The lowest BCUT2D eigenvalue weighted by Crippen LogP contribution is -2.29. The van der Waals surface area contributed by atoms with E-state index in [2.05, 4.69) is 23.3 Å². The van der Waals surface area contributed by atoms with Crippen molar-refractivity contribution in [2.24, 2.45) is 0 Å². The van der Waals surface area contributed by atoms with Gasteiger partial charge in [0.05, 0.1) is 0 Å². The van der Waals surface area contributed by atoms with Crippen molar-refractivity contribution in [3.63, 3.8) is 0 Å². The third-order valence-electron chi connectivity index (χ3n) is 3.74. The minimum Gasteiger partial charge on any atom is -0.314 e. The number of hydrogen-bond donors (Lipinski definition) is 1. The van der Waals surface area contributed by atoms with Crippen LogP contribution in [-0.4, -0.2) is 37.6 Å². The zero-order chi connectivity index (χ0) is 10.5. The van der Waals surface area contributed by atoms with E-state index < -0.39 is 0 Å². The molecule has 2 nitrogen and oxygen atoms in total. The summed E-state index contributed by atoms with van der Waals surface area (Å²) in [6, 6.07) is 0.830. The van der Waals surface area contributed by atoms with Crippen molar-refractivity contribution in [1.29, 1.82) is 0 Å². The van der Waals surface area contributed by atoms with E-state index in [1.54, 1.807) is 5.57 Å². The maximum Gasteiger partial charge on any atom is 0.0162 e. The van der Waals surface area contributed by atoms with Crippen molar-refractivity contribution in [2.45, 2.75) is 44.6 Å². The average Bonchev–Trinajstić information content (AvgIpc) is 2.74. The maximum atomic E-state index is 3.69. The summed E-state index contributed by atoms with van der Waals surface area (Å²) in [5.41, 5.74) is 1.67. The van der Waals surface area contributed by atoms with Crippen molar-refractivity contribution < 1.29 is 0 Å². The summed E-state index contributed by atoms with van der Waals surface area (Å²) >= 11 is 0. The molecule has 0 radical (unpaired) electrons. The van der Waals surface area contributed by atoms with Gasteiger partial charge in [0.25, 0.3) is 0 Å². The van der Waals surface area contributed by atoms with Crippen molar-refractivity contribution in [3.05, 3.63) is 11.6 Å². The fourth-order valence-electron chi connectivity index (χ4n) is 2.61. The van der Waals surface area contributed by atoms with Crippen molar-refractivity contribution >= 4 is 0 Å². The lowest BCUT2D eigenvalue weighted by molar-refractivity contribution is 0.355. The van der Waals surface area contributed by atoms with Gasteiger partial charge in [-0.05, 0) is 39.3 Å². The number of nitrogens with one attached hydrogen (secondary N) is 1. The van der Waals surface area contributed by atoms with E-state index in [9.17, 15) is 0 Å². The Kier molecular flexibility index (Phi) is 4.21. The summed E-state index contributed by atoms with van der Waals surface area (Å²) < 4.78 is 0. The standard InChI is InChI=1S/C13H24N2/c1-15-10-7-12(8-11-15)6-9-14-13-4-2-3-5-13/h7,13-14H,2-6,8-11H2,1H3. The number of nitrogens with zero attached hydrogens (tertiary/aromatic N) is 1. The van der Waals surface area contributed by atoms with Crippen LogP contribution in [0.5, 0.6) is 0 Å². The molecule has 2 aliphatic rings. The first-order valence-electron chi connectivity index (χ1n) is 6.44. The molecule has 0 aromatic carbocycles. The molecule has 0 aromatic rings. The largest absolute Gasteiger partial charge is 0.314 e. The molecule has 0 saturated heterocycles. The highest BCUT2D eigenvalue weighted by atomic mass is 15.1. The molecule has 86 valence electrons. The summed E-state index contributed by atoms with van der Waals surface area (Å²) in [4.78, 5) is 2.38. The Bertz CT molecular complexity index is 217. The van der Waals surface area contributed by atoms with Gasteiger partial charge in [-0.25, -0.2) is 0 Å². The molecule has 0 spiro atoms. The Morgan fingerprint density at radius 3 is 2.87 bits per heavy atom. The molecule has 1 fully saturated rings. The molecule has 2 rings (SSSR count). The molecule has 0 aromatic heterocycles. The van der Waals surface area contributed by atoms with Gasteiger partial charge in [0.15, 0.2) is 0 Å². The lowest BCUT2D eigenvalue weighted by Gasteiger charge is -2.22. The van der Waals surface area contributed by atoms with Crippen LogP contribution in [0, 0.1) is 0 Å². The summed E-state index contributed by atoms with van der Waals surface area (Å²) in [7, 11) is 2.20. The quantitative estimate of drug-likeness (QED) is 0.712. The van der Waals surface area contributed by atoms with Crippen LogP contribution in [0.2, 0.25) is 0 Å². The molecule has 15 heavy (non-hydrogen) atoms. The minimum absolute atomic E-state index is 0.830. The maximum absolute atomic E-state index is 3.69. The van der Waals surface area contributed by atoms with Gasteiger partial charge in [0.1, 0.15) is 0 Å². The average molecular weight is 208 g/mol. The van der Waals surface area contributed by atoms with E-state index >= 15 is 0 Å². The second kappa shape index (κ2) is 5.66. The second-order valence-electron chi connectivity index (χ2n) is 5.06. The topological polar surface area (TPSA) is 15.3 Å². The Balaban J connectivity index is 1.61. The zero-order valence-corrected chi connectivity index (χ0v) is 9.97. The van der Waals surface area contributed by atoms with Gasteiger partial charge in [0.2, 0.25) is 0 Å². The van der Waals surface area contributed by atoms with Gasteiger partial charge in [-0.15, -0.1) is 0 Å². The van der Waals surface area contributed by atoms with E-state index in [1.165, 1.54) is 51.6 Å². The Morgan fingerprint density at radius 1 is 1.40 bits per heavy atom. The first-order chi connectivity index (χ1) is 7.34. The summed E-state index contributed by atoms with van der Waals surface area (Å²) in [5, 5.41) is 3.69. The van der Waals surface area contributed by atoms with Gasteiger partial charge in [0, 0.05) is 19.1 Å². The first kappa shape index (κ1) is 11.2. The van der Waals surface area contributed by atoms with Crippen LogP contribution in [0.15, 0.2) is 11.6 Å². The van der Waals surface area contributed by atoms with Gasteiger partial charge in [-0.3, -0.25) is 0 Å². The van der Waals surface area contributed by atoms with Crippen molar-refractivity contribution in [1.82, 2.24) is 10.2 Å². The second-order valence-corrected chi connectivity index (χ2v) is 5.06. The molecule has 0 bridgehead atoms. The number of rotatable bonds is 4. The normalized spacial score (nSPS) is 24.5. The molecular weight excluding hydrogens is 184 g/mol. The minimum atomic E-state index is 0.830. The van der Waals surface area contributed by atoms with E-state index in [0.29, 0.717) is 0 Å². The monoisotopic (exact) mass is 208 g/mol. The van der Waals surface area contributed by atoms with E-state index in [1.807, 2.05) is 0 Å². The predicted molar refractivity (Wildman–Crippen MR) is 65.1 cm³/mol. The fraction of sp³-hybridized carbons (Fsp3) is 0.846. The molecule has 1 aliphatic carbocycles. The van der Waals surface area contributed by atoms with Gasteiger partial charge in [-0.1, -0.05) is 24.5 Å². The Morgan fingerprint density at radius 2 is 2.20 bits per heavy atom. The first-order valence-corrected chi connectivity index (χ1v) is 6.44. The van der Waals surface area contributed by atoms with Crippen molar-refractivity contribution in [3.8, 4) is 0 Å². The SMILES string of the molecule is CN1CC=C(CCNC2CCCC2)CC1. The lowest BCUT2D eigenvalue weighted by atomic mass is 10.1. The molecule has 0 amide bonds. The third-order valence-corrected chi connectivity index (χ3v) is 3.74. The van der Waals surface area contributed by atoms with Crippen molar-refractivity contribution in [2.75, 3.05) is 26.7 Å². The summed E-state index contributed by atoms with van der Waals surface area (Å²) in [6.07, 6.45) is 10.6. The molecule has 0 unspecified atom stereocenters. The molecule has 2 heteroatoms. The Hall–Kier alpha value is -0.340. The predicted octanol–water partition coefficient (Wildman–Crippen LogP) is 2.17. The van der Waals surface area contributed by atoms with Crippen LogP contribution in [0.25, 0.3) is 0 Å². The number of likely N-dealkylation sites (N-methyl/N-ethyl adjacent to an activating group) is 1. The highest BCUT2D eigenvalue weighted by Gasteiger charge is 2.14. The smallest absolute Gasteiger partial charge is 0.0162 e. The van der Waals surface area contributed by atoms with Crippen LogP contribution in [0.4, 0.5) is 0 Å². The molecule has 1 aliphatic heterocycles. The van der Waals surface area contributed by atoms with E-state index in [4.69, 9.17) is 0 Å². The van der Waals surface area contributed by atoms with Crippen LogP contribution in [-0.2, 0) is 0 Å².